The fourth-order valence-corrected chi connectivity index (χ4v) is 2.16. The lowest BCUT2D eigenvalue weighted by Gasteiger charge is -2.10. The molecule has 0 unspecified atom stereocenters. The second-order valence-electron chi connectivity index (χ2n) is 4.11. The van der Waals surface area contributed by atoms with E-state index in [-0.39, 0.29) is 0 Å². The Morgan fingerprint density at radius 3 is 2.63 bits per heavy atom. The van der Waals surface area contributed by atoms with Crippen molar-refractivity contribution in [2.24, 2.45) is 0 Å². The van der Waals surface area contributed by atoms with E-state index >= 15 is 0 Å². The number of anilines is 2. The third kappa shape index (κ3) is 3.52. The van der Waals surface area contributed by atoms with Gasteiger partial charge in [-0.05, 0) is 18.6 Å². The van der Waals surface area contributed by atoms with Gasteiger partial charge in [0, 0.05) is 19.8 Å². The van der Waals surface area contributed by atoms with Crippen LogP contribution < -0.4 is 10.6 Å². The van der Waals surface area contributed by atoms with Crippen LogP contribution in [0.4, 0.5) is 11.6 Å². The van der Waals surface area contributed by atoms with E-state index < -0.39 is 0 Å². The van der Waals surface area contributed by atoms with E-state index in [1.54, 1.807) is 13.1 Å². The first-order valence-corrected chi connectivity index (χ1v) is 6.62. The number of aryl methyl sites for hydroxylation is 1. The largest absolute Gasteiger partial charge is 0.372 e. The molecule has 7 heteroatoms. The molecule has 2 rings (SSSR count). The minimum atomic E-state index is 0.501. The zero-order valence-corrected chi connectivity index (χ0v) is 12.3. The van der Waals surface area contributed by atoms with Crippen LogP contribution in [0.2, 0.25) is 10.0 Å². The Morgan fingerprint density at radius 1 is 1.26 bits per heavy atom. The summed E-state index contributed by atoms with van der Waals surface area (Å²) in [6.45, 7) is 3.43. The standard InChI is InChI=1S/C12H15Cl2N5/c1-8-6-17-19(7-8)4-3-16-12-10(14)5-9(13)11(15-2)18-12/h5-7H,3-4H2,1-2H3,(H2,15,16,18). The third-order valence-corrected chi connectivity index (χ3v) is 3.14. The van der Waals surface area contributed by atoms with Gasteiger partial charge in [0.1, 0.15) is 11.6 Å². The Hall–Kier alpha value is -1.46. The van der Waals surface area contributed by atoms with Gasteiger partial charge < -0.3 is 10.6 Å². The van der Waals surface area contributed by atoms with Crippen LogP contribution in [0.25, 0.3) is 0 Å². The van der Waals surface area contributed by atoms with Gasteiger partial charge in [0.05, 0.1) is 22.8 Å². The van der Waals surface area contributed by atoms with Gasteiger partial charge in [-0.25, -0.2) is 4.98 Å². The lowest BCUT2D eigenvalue weighted by molar-refractivity contribution is 0.637. The summed E-state index contributed by atoms with van der Waals surface area (Å²) in [4.78, 5) is 4.31. The summed E-state index contributed by atoms with van der Waals surface area (Å²) >= 11 is 12.1. The van der Waals surface area contributed by atoms with Crippen LogP contribution in [0.3, 0.4) is 0 Å². The topological polar surface area (TPSA) is 54.8 Å². The van der Waals surface area contributed by atoms with Crippen LogP contribution in [0.15, 0.2) is 18.5 Å². The third-order valence-electron chi connectivity index (χ3n) is 2.56. The molecule has 5 nitrogen and oxygen atoms in total. The first kappa shape index (κ1) is 14.0. The maximum atomic E-state index is 6.08. The van der Waals surface area contributed by atoms with Crippen molar-refractivity contribution in [3.63, 3.8) is 0 Å². The highest BCUT2D eigenvalue weighted by molar-refractivity contribution is 6.37. The molecule has 0 saturated heterocycles. The summed E-state index contributed by atoms with van der Waals surface area (Å²) in [7, 11) is 1.76. The summed E-state index contributed by atoms with van der Waals surface area (Å²) in [5.74, 6) is 1.21. The number of nitrogens with one attached hydrogen (secondary N) is 2. The van der Waals surface area contributed by atoms with E-state index in [4.69, 9.17) is 23.2 Å². The molecule has 2 aromatic rings. The maximum Gasteiger partial charge on any atom is 0.147 e. The van der Waals surface area contributed by atoms with Gasteiger partial charge in [0.15, 0.2) is 0 Å². The molecule has 0 amide bonds. The summed E-state index contributed by atoms with van der Waals surface area (Å²) < 4.78 is 1.87. The molecule has 102 valence electrons. The predicted octanol–water partition coefficient (Wildman–Crippen LogP) is 3.05. The number of nitrogens with zero attached hydrogens (tertiary/aromatic N) is 3. The highest BCUT2D eigenvalue weighted by atomic mass is 35.5. The van der Waals surface area contributed by atoms with E-state index in [2.05, 4.69) is 20.7 Å². The van der Waals surface area contributed by atoms with E-state index in [0.29, 0.717) is 28.2 Å². The fourth-order valence-electron chi connectivity index (χ4n) is 1.64. The molecule has 2 N–H and O–H groups in total. The minimum absolute atomic E-state index is 0.501. The van der Waals surface area contributed by atoms with Crippen molar-refractivity contribution in [1.29, 1.82) is 0 Å². The highest BCUT2D eigenvalue weighted by Gasteiger charge is 2.07. The van der Waals surface area contributed by atoms with Gasteiger partial charge in [-0.2, -0.15) is 5.10 Å². The molecule has 0 radical (unpaired) electrons. The van der Waals surface area contributed by atoms with E-state index in [1.165, 1.54) is 0 Å². The maximum absolute atomic E-state index is 6.08. The van der Waals surface area contributed by atoms with Crippen LogP contribution in [0.1, 0.15) is 5.56 Å². The number of halogens is 2. The Kier molecular flexibility index (Phi) is 4.50. The van der Waals surface area contributed by atoms with Crippen molar-refractivity contribution in [3.8, 4) is 0 Å². The number of hydrogen-bond acceptors (Lipinski definition) is 4. The second-order valence-corrected chi connectivity index (χ2v) is 4.92. The van der Waals surface area contributed by atoms with Gasteiger partial charge in [-0.1, -0.05) is 23.2 Å². The SMILES string of the molecule is CNc1nc(NCCn2cc(C)cn2)c(Cl)cc1Cl. The zero-order valence-electron chi connectivity index (χ0n) is 10.7. The number of hydrogen-bond donors (Lipinski definition) is 2. The molecule has 2 heterocycles. The molecule has 0 aliphatic carbocycles. The average Bonchev–Trinajstić information content (AvgIpc) is 2.78. The summed E-state index contributed by atoms with van der Waals surface area (Å²) in [6.07, 6.45) is 3.81. The van der Waals surface area contributed by atoms with Crippen molar-refractivity contribution in [2.45, 2.75) is 13.5 Å². The molecule has 0 aromatic carbocycles. The Morgan fingerprint density at radius 2 is 2.00 bits per heavy atom. The van der Waals surface area contributed by atoms with Crippen LogP contribution in [0, 0.1) is 6.92 Å². The van der Waals surface area contributed by atoms with Gasteiger partial charge >= 0.3 is 0 Å². The minimum Gasteiger partial charge on any atom is -0.372 e. The second kappa shape index (κ2) is 6.12. The quantitative estimate of drug-likeness (QED) is 0.891. The van der Waals surface area contributed by atoms with Crippen molar-refractivity contribution in [1.82, 2.24) is 14.8 Å². The smallest absolute Gasteiger partial charge is 0.147 e. The monoisotopic (exact) mass is 299 g/mol. The molecule has 19 heavy (non-hydrogen) atoms. The molecule has 2 aromatic heterocycles. The molecule has 0 atom stereocenters. The van der Waals surface area contributed by atoms with Crippen LogP contribution >= 0.6 is 23.2 Å². The fraction of sp³-hybridized carbons (Fsp3) is 0.333. The molecule has 0 fully saturated rings. The van der Waals surface area contributed by atoms with Crippen molar-refractivity contribution < 1.29 is 0 Å². The normalized spacial score (nSPS) is 10.5. The van der Waals surface area contributed by atoms with E-state index in [1.807, 2.05) is 24.0 Å². The van der Waals surface area contributed by atoms with Crippen molar-refractivity contribution in [2.75, 3.05) is 24.2 Å². The average molecular weight is 300 g/mol. The summed E-state index contributed by atoms with van der Waals surface area (Å²) in [5, 5.41) is 11.3. The van der Waals surface area contributed by atoms with Crippen LogP contribution in [0.5, 0.6) is 0 Å². The molecule has 0 aliphatic heterocycles. The Labute approximate surface area is 121 Å². The number of aromatic nitrogens is 3. The molecule has 0 saturated carbocycles. The molecular formula is C12H15Cl2N5. The van der Waals surface area contributed by atoms with E-state index in [9.17, 15) is 0 Å². The molecule has 0 bridgehead atoms. The van der Waals surface area contributed by atoms with E-state index in [0.717, 1.165) is 12.1 Å². The Bertz CT molecular complexity index is 567. The summed E-state index contributed by atoms with van der Waals surface area (Å²) in [5.41, 5.74) is 1.14. The van der Waals surface area contributed by atoms with Crippen molar-refractivity contribution in [3.05, 3.63) is 34.1 Å². The lowest BCUT2D eigenvalue weighted by atomic mass is 10.4. The van der Waals surface area contributed by atoms with Gasteiger partial charge in [0.2, 0.25) is 0 Å². The highest BCUT2D eigenvalue weighted by Crippen LogP contribution is 2.28. The van der Waals surface area contributed by atoms with Gasteiger partial charge in [-0.15, -0.1) is 0 Å². The number of rotatable bonds is 5. The molecular weight excluding hydrogens is 285 g/mol. The van der Waals surface area contributed by atoms with Crippen LogP contribution in [-0.2, 0) is 6.54 Å². The molecule has 0 spiro atoms. The van der Waals surface area contributed by atoms with Gasteiger partial charge in [0.25, 0.3) is 0 Å². The number of pyridine rings is 1. The first-order chi connectivity index (χ1) is 9.10. The summed E-state index contributed by atoms with van der Waals surface area (Å²) in [6, 6.07) is 1.67. The first-order valence-electron chi connectivity index (χ1n) is 5.87. The van der Waals surface area contributed by atoms with Crippen LogP contribution in [-0.4, -0.2) is 28.4 Å². The van der Waals surface area contributed by atoms with Gasteiger partial charge in [-0.3, -0.25) is 4.68 Å². The predicted molar refractivity (Wildman–Crippen MR) is 79.3 cm³/mol. The lowest BCUT2D eigenvalue weighted by Crippen LogP contribution is -2.12. The Balaban J connectivity index is 1.99. The zero-order chi connectivity index (χ0) is 13.8. The molecule has 0 aliphatic rings. The van der Waals surface area contributed by atoms with Crippen molar-refractivity contribution >= 4 is 34.8 Å².